The third-order valence-electron chi connectivity index (χ3n) is 4.72. The molecule has 0 saturated heterocycles. The van der Waals surface area contributed by atoms with E-state index in [4.69, 9.17) is 11.6 Å². The molecule has 1 aliphatic heterocycles. The zero-order chi connectivity index (χ0) is 18.1. The van der Waals surface area contributed by atoms with Crippen LogP contribution >= 0.6 is 22.9 Å². The second-order valence-corrected chi connectivity index (χ2v) is 8.00. The molecule has 130 valence electrons. The molecule has 5 heteroatoms. The number of hydrogen-bond acceptors (Lipinski definition) is 3. The molecule has 0 fully saturated rings. The summed E-state index contributed by atoms with van der Waals surface area (Å²) in [6.45, 7) is 4.84. The lowest BCUT2D eigenvalue weighted by atomic mass is 9.84. The first kappa shape index (κ1) is 17.0. The Balaban J connectivity index is 1.84. The van der Waals surface area contributed by atoms with E-state index in [9.17, 15) is 4.79 Å². The number of carbonyl (C=O) groups excluding carboxylic acids is 1. The number of carbonyl (C=O) groups is 1. The van der Waals surface area contributed by atoms with Crippen LogP contribution in [0.1, 0.15) is 21.9 Å². The molecule has 3 aromatic rings. The van der Waals surface area contributed by atoms with Crippen molar-refractivity contribution in [3.05, 3.63) is 87.9 Å². The first-order valence-electron chi connectivity index (χ1n) is 8.36. The van der Waals surface area contributed by atoms with Crippen LogP contribution in [0.4, 0.5) is 0 Å². The molecule has 1 aliphatic rings. The lowest BCUT2D eigenvalue weighted by Crippen LogP contribution is -2.37. The number of thiophene rings is 1. The SMILES string of the molecule is C=CC(=O)N1Cc2sc(Cl)cc2[C@@H](c2ccccc2-c2cccnc2)C1. The summed E-state index contributed by atoms with van der Waals surface area (Å²) in [4.78, 5) is 19.5. The first-order chi connectivity index (χ1) is 12.7. The molecule has 3 heterocycles. The summed E-state index contributed by atoms with van der Waals surface area (Å²) >= 11 is 7.85. The summed E-state index contributed by atoms with van der Waals surface area (Å²) < 4.78 is 0.756. The molecule has 0 unspecified atom stereocenters. The minimum atomic E-state index is -0.0518. The van der Waals surface area contributed by atoms with Gasteiger partial charge >= 0.3 is 0 Å². The summed E-state index contributed by atoms with van der Waals surface area (Å²) in [7, 11) is 0. The zero-order valence-electron chi connectivity index (χ0n) is 14.1. The van der Waals surface area contributed by atoms with Gasteiger partial charge in [0.15, 0.2) is 0 Å². The van der Waals surface area contributed by atoms with Crippen LogP contribution in [0, 0.1) is 0 Å². The van der Waals surface area contributed by atoms with Crippen molar-refractivity contribution >= 4 is 28.8 Å². The van der Waals surface area contributed by atoms with Crippen molar-refractivity contribution in [3.8, 4) is 11.1 Å². The molecule has 0 spiro atoms. The van der Waals surface area contributed by atoms with Gasteiger partial charge in [0, 0.05) is 35.3 Å². The highest BCUT2D eigenvalue weighted by atomic mass is 35.5. The quantitative estimate of drug-likeness (QED) is 0.590. The van der Waals surface area contributed by atoms with Crippen molar-refractivity contribution in [1.29, 1.82) is 0 Å². The van der Waals surface area contributed by atoms with Gasteiger partial charge in [0.1, 0.15) is 0 Å². The van der Waals surface area contributed by atoms with Gasteiger partial charge < -0.3 is 4.90 Å². The van der Waals surface area contributed by atoms with Crippen LogP contribution in [0.2, 0.25) is 4.34 Å². The smallest absolute Gasteiger partial charge is 0.246 e. The molecule has 1 atom stereocenters. The van der Waals surface area contributed by atoms with Crippen molar-refractivity contribution in [2.45, 2.75) is 12.5 Å². The van der Waals surface area contributed by atoms with Crippen molar-refractivity contribution in [2.24, 2.45) is 0 Å². The molecule has 4 rings (SSSR count). The summed E-state index contributed by atoms with van der Waals surface area (Å²) in [5, 5.41) is 0. The van der Waals surface area contributed by atoms with Crippen LogP contribution in [0.3, 0.4) is 0 Å². The number of aromatic nitrogens is 1. The maximum atomic E-state index is 12.3. The Labute approximate surface area is 161 Å². The van der Waals surface area contributed by atoms with Gasteiger partial charge in [-0.1, -0.05) is 48.5 Å². The average molecular weight is 381 g/mol. The monoisotopic (exact) mass is 380 g/mol. The second kappa shape index (κ2) is 7.06. The van der Waals surface area contributed by atoms with E-state index in [0.29, 0.717) is 13.1 Å². The fourth-order valence-corrected chi connectivity index (χ4v) is 4.89. The molecular weight excluding hydrogens is 364 g/mol. The van der Waals surface area contributed by atoms with Crippen molar-refractivity contribution < 1.29 is 4.79 Å². The largest absolute Gasteiger partial charge is 0.333 e. The van der Waals surface area contributed by atoms with Crippen molar-refractivity contribution in [1.82, 2.24) is 9.88 Å². The molecule has 0 radical (unpaired) electrons. The summed E-state index contributed by atoms with van der Waals surface area (Å²) in [5.41, 5.74) is 4.59. The van der Waals surface area contributed by atoms with E-state index in [2.05, 4.69) is 29.8 Å². The Hall–Kier alpha value is -2.43. The van der Waals surface area contributed by atoms with Gasteiger partial charge in [-0.3, -0.25) is 9.78 Å². The molecule has 2 aromatic heterocycles. The Morgan fingerprint density at radius 3 is 2.88 bits per heavy atom. The maximum absolute atomic E-state index is 12.3. The van der Waals surface area contributed by atoms with Gasteiger partial charge in [-0.25, -0.2) is 0 Å². The molecule has 1 amide bonds. The van der Waals surface area contributed by atoms with E-state index in [0.717, 1.165) is 20.3 Å². The molecule has 1 aromatic carbocycles. The minimum Gasteiger partial charge on any atom is -0.333 e. The van der Waals surface area contributed by atoms with E-state index in [1.807, 2.05) is 35.4 Å². The number of amides is 1. The summed E-state index contributed by atoms with van der Waals surface area (Å²) in [5.74, 6) is 0.0202. The highest BCUT2D eigenvalue weighted by molar-refractivity contribution is 7.16. The molecule has 0 saturated carbocycles. The number of benzene rings is 1. The van der Waals surface area contributed by atoms with E-state index in [-0.39, 0.29) is 11.8 Å². The lowest BCUT2D eigenvalue weighted by Gasteiger charge is -2.33. The number of halogens is 1. The highest BCUT2D eigenvalue weighted by Crippen LogP contribution is 2.42. The second-order valence-electron chi connectivity index (χ2n) is 6.23. The predicted octanol–water partition coefficient (Wildman–Crippen LogP) is 5.12. The molecule has 0 bridgehead atoms. The topological polar surface area (TPSA) is 33.2 Å². The van der Waals surface area contributed by atoms with Crippen LogP contribution in [0.15, 0.2) is 67.5 Å². The Kier molecular flexibility index (Phi) is 4.62. The minimum absolute atomic E-state index is 0.0518. The number of pyridine rings is 1. The maximum Gasteiger partial charge on any atom is 0.246 e. The fraction of sp³-hybridized carbons (Fsp3) is 0.143. The Morgan fingerprint density at radius 1 is 1.27 bits per heavy atom. The van der Waals surface area contributed by atoms with Gasteiger partial charge in [0.25, 0.3) is 0 Å². The van der Waals surface area contributed by atoms with E-state index >= 15 is 0 Å². The molecule has 0 aliphatic carbocycles. The van der Waals surface area contributed by atoms with Gasteiger partial charge in [-0.05, 0) is 34.9 Å². The Bertz CT molecular complexity index is 967. The van der Waals surface area contributed by atoms with Crippen LogP contribution in [0.5, 0.6) is 0 Å². The van der Waals surface area contributed by atoms with Crippen LogP contribution in [-0.2, 0) is 11.3 Å². The number of hydrogen-bond donors (Lipinski definition) is 0. The molecule has 26 heavy (non-hydrogen) atoms. The standard InChI is InChI=1S/C21H17ClN2OS/c1-2-21(25)24-12-18(17-10-20(22)26-19(17)13-24)16-8-4-3-7-15(16)14-6-5-9-23-11-14/h2-11,18H,1,12-13H2/t18-/m1/s1. The van der Waals surface area contributed by atoms with E-state index in [1.54, 1.807) is 17.5 Å². The summed E-state index contributed by atoms with van der Waals surface area (Å²) in [6, 6.07) is 14.3. The molecule has 0 N–H and O–H groups in total. The number of nitrogens with zero attached hydrogens (tertiary/aromatic N) is 2. The highest BCUT2D eigenvalue weighted by Gasteiger charge is 2.31. The fourth-order valence-electron chi connectivity index (χ4n) is 3.53. The average Bonchev–Trinajstić information content (AvgIpc) is 3.07. The number of rotatable bonds is 3. The predicted molar refractivity (Wildman–Crippen MR) is 106 cm³/mol. The van der Waals surface area contributed by atoms with Crippen LogP contribution in [-0.4, -0.2) is 22.3 Å². The van der Waals surface area contributed by atoms with E-state index in [1.165, 1.54) is 17.2 Å². The zero-order valence-corrected chi connectivity index (χ0v) is 15.6. The number of fused-ring (bicyclic) bond motifs is 1. The molecule has 3 nitrogen and oxygen atoms in total. The van der Waals surface area contributed by atoms with Crippen molar-refractivity contribution in [2.75, 3.05) is 6.54 Å². The van der Waals surface area contributed by atoms with Gasteiger partial charge in [0.05, 0.1) is 10.9 Å². The van der Waals surface area contributed by atoms with Gasteiger partial charge in [0.2, 0.25) is 5.91 Å². The van der Waals surface area contributed by atoms with E-state index < -0.39 is 0 Å². The third-order valence-corrected chi connectivity index (χ3v) is 5.98. The first-order valence-corrected chi connectivity index (χ1v) is 9.55. The van der Waals surface area contributed by atoms with Gasteiger partial charge in [-0.2, -0.15) is 0 Å². The van der Waals surface area contributed by atoms with Gasteiger partial charge in [-0.15, -0.1) is 11.3 Å². The third kappa shape index (κ3) is 3.06. The summed E-state index contributed by atoms with van der Waals surface area (Å²) in [6.07, 6.45) is 5.02. The Morgan fingerprint density at radius 2 is 2.12 bits per heavy atom. The van der Waals surface area contributed by atoms with Crippen LogP contribution in [0.25, 0.3) is 11.1 Å². The van der Waals surface area contributed by atoms with Crippen molar-refractivity contribution in [3.63, 3.8) is 0 Å². The van der Waals surface area contributed by atoms with Crippen LogP contribution < -0.4 is 0 Å². The molecular formula is C21H17ClN2OS. The lowest BCUT2D eigenvalue weighted by molar-refractivity contribution is -0.127. The normalized spacial score (nSPS) is 16.2.